The van der Waals surface area contributed by atoms with Crippen molar-refractivity contribution >= 4 is 40.3 Å². The van der Waals surface area contributed by atoms with E-state index in [-0.39, 0.29) is 12.2 Å². The van der Waals surface area contributed by atoms with E-state index in [0.29, 0.717) is 28.7 Å². The van der Waals surface area contributed by atoms with Crippen molar-refractivity contribution in [3.8, 4) is 0 Å². The van der Waals surface area contributed by atoms with Crippen molar-refractivity contribution in [2.24, 2.45) is 5.73 Å². The van der Waals surface area contributed by atoms with E-state index in [0.717, 1.165) is 10.6 Å². The second kappa shape index (κ2) is 6.48. The second-order valence-electron chi connectivity index (χ2n) is 4.00. The Morgan fingerprint density at radius 3 is 2.84 bits per heavy atom. The molecule has 0 spiro atoms. The fraction of sp³-hybridized carbons (Fsp3) is 0.231. The Morgan fingerprint density at radius 2 is 2.16 bits per heavy atom. The molecular formula is C13H12Cl2N2OS. The normalized spacial score (nSPS) is 10.7. The van der Waals surface area contributed by atoms with Crippen LogP contribution in [0.3, 0.4) is 0 Å². The first-order chi connectivity index (χ1) is 9.10. The molecule has 19 heavy (non-hydrogen) atoms. The number of hydrogen-bond donors (Lipinski definition) is 1. The Bertz CT molecular complexity index is 598. The number of Topliss-reactive ketones (excluding diaryl/α,β-unsaturated/α-hetero) is 1. The van der Waals surface area contributed by atoms with E-state index >= 15 is 0 Å². The SMILES string of the molecule is NCCc1nc(C(=O)Cc2ccc(Cl)cc2Cl)cs1. The molecule has 0 saturated carbocycles. The molecule has 0 aliphatic rings. The monoisotopic (exact) mass is 314 g/mol. The molecule has 2 rings (SSSR count). The van der Waals surface area contributed by atoms with Crippen LogP contribution in [0.15, 0.2) is 23.6 Å². The van der Waals surface area contributed by atoms with Crippen LogP contribution in [0.4, 0.5) is 0 Å². The summed E-state index contributed by atoms with van der Waals surface area (Å²) < 4.78 is 0. The van der Waals surface area contributed by atoms with Crippen molar-refractivity contribution in [3.05, 3.63) is 49.9 Å². The zero-order chi connectivity index (χ0) is 13.8. The number of rotatable bonds is 5. The number of carbonyl (C=O) groups excluding carboxylic acids is 1. The minimum absolute atomic E-state index is 0.0521. The Hall–Kier alpha value is -0.940. The first kappa shape index (κ1) is 14.5. The van der Waals surface area contributed by atoms with Crippen molar-refractivity contribution < 1.29 is 4.79 Å². The Morgan fingerprint density at radius 1 is 1.37 bits per heavy atom. The van der Waals surface area contributed by atoms with E-state index in [4.69, 9.17) is 28.9 Å². The summed E-state index contributed by atoms with van der Waals surface area (Å²) in [6.07, 6.45) is 0.918. The average molecular weight is 315 g/mol. The number of benzene rings is 1. The fourth-order valence-electron chi connectivity index (χ4n) is 1.61. The molecule has 3 nitrogen and oxygen atoms in total. The number of hydrogen-bond acceptors (Lipinski definition) is 4. The molecule has 0 radical (unpaired) electrons. The lowest BCUT2D eigenvalue weighted by Crippen LogP contribution is -2.06. The van der Waals surface area contributed by atoms with Gasteiger partial charge in [0.2, 0.25) is 0 Å². The molecule has 1 heterocycles. The molecule has 0 unspecified atom stereocenters. The maximum Gasteiger partial charge on any atom is 0.186 e. The third kappa shape index (κ3) is 3.76. The van der Waals surface area contributed by atoms with Crippen LogP contribution in [0.2, 0.25) is 10.0 Å². The molecule has 0 aliphatic heterocycles. The standard InChI is InChI=1S/C13H12Cl2N2OS/c14-9-2-1-8(10(15)6-9)5-12(18)11-7-19-13(17-11)3-4-16/h1-2,6-7H,3-5,16H2. The third-order valence-electron chi connectivity index (χ3n) is 2.56. The number of halogens is 2. The van der Waals surface area contributed by atoms with Crippen molar-refractivity contribution in [1.29, 1.82) is 0 Å². The van der Waals surface area contributed by atoms with Crippen molar-refractivity contribution in [3.63, 3.8) is 0 Å². The summed E-state index contributed by atoms with van der Waals surface area (Å²) in [5.41, 5.74) is 6.68. The smallest absolute Gasteiger partial charge is 0.186 e. The number of thiazole rings is 1. The van der Waals surface area contributed by atoms with Crippen molar-refractivity contribution in [1.82, 2.24) is 4.98 Å². The van der Waals surface area contributed by atoms with Crippen LogP contribution in [-0.2, 0) is 12.8 Å². The van der Waals surface area contributed by atoms with Gasteiger partial charge in [0.25, 0.3) is 0 Å². The van der Waals surface area contributed by atoms with Gasteiger partial charge >= 0.3 is 0 Å². The molecule has 1 aromatic heterocycles. The van der Waals surface area contributed by atoms with Gasteiger partial charge in [-0.3, -0.25) is 4.79 Å². The maximum absolute atomic E-state index is 12.1. The van der Waals surface area contributed by atoms with E-state index in [2.05, 4.69) is 4.98 Å². The highest BCUT2D eigenvalue weighted by atomic mass is 35.5. The van der Waals surface area contributed by atoms with Crippen molar-refractivity contribution in [2.45, 2.75) is 12.8 Å². The lowest BCUT2D eigenvalue weighted by Gasteiger charge is -2.02. The van der Waals surface area contributed by atoms with E-state index in [9.17, 15) is 4.79 Å². The molecule has 0 amide bonds. The van der Waals surface area contributed by atoms with E-state index in [1.165, 1.54) is 11.3 Å². The van der Waals surface area contributed by atoms with Crippen LogP contribution < -0.4 is 5.73 Å². The predicted molar refractivity (Wildman–Crippen MR) is 79.4 cm³/mol. The molecule has 100 valence electrons. The quantitative estimate of drug-likeness (QED) is 0.861. The highest BCUT2D eigenvalue weighted by Crippen LogP contribution is 2.22. The summed E-state index contributed by atoms with van der Waals surface area (Å²) in [6, 6.07) is 5.11. The number of carbonyl (C=O) groups is 1. The minimum Gasteiger partial charge on any atom is -0.330 e. The summed E-state index contributed by atoms with van der Waals surface area (Å²) >= 11 is 13.3. The Kier molecular flexibility index (Phi) is 4.93. The Balaban J connectivity index is 2.11. The van der Waals surface area contributed by atoms with Gasteiger partial charge in [0.1, 0.15) is 5.69 Å². The molecule has 0 saturated heterocycles. The zero-order valence-corrected chi connectivity index (χ0v) is 12.4. The third-order valence-corrected chi connectivity index (χ3v) is 4.06. The van der Waals surface area contributed by atoms with Gasteiger partial charge in [-0.15, -0.1) is 11.3 Å². The number of nitrogens with two attached hydrogens (primary N) is 1. The molecule has 0 fully saturated rings. The summed E-state index contributed by atoms with van der Waals surface area (Å²) in [4.78, 5) is 16.4. The van der Waals surface area contributed by atoms with Gasteiger partial charge in [-0.25, -0.2) is 4.98 Å². The van der Waals surface area contributed by atoms with Gasteiger partial charge in [-0.05, 0) is 24.2 Å². The molecule has 6 heteroatoms. The number of nitrogens with zero attached hydrogens (tertiary/aromatic N) is 1. The summed E-state index contributed by atoms with van der Waals surface area (Å²) in [7, 11) is 0. The van der Waals surface area contributed by atoms with E-state index in [1.54, 1.807) is 23.6 Å². The van der Waals surface area contributed by atoms with Gasteiger partial charge in [-0.1, -0.05) is 29.3 Å². The number of aromatic nitrogens is 1. The first-order valence-electron chi connectivity index (χ1n) is 5.71. The lowest BCUT2D eigenvalue weighted by molar-refractivity contribution is 0.0988. The van der Waals surface area contributed by atoms with Crippen LogP contribution in [-0.4, -0.2) is 17.3 Å². The van der Waals surface area contributed by atoms with Crippen LogP contribution in [0.25, 0.3) is 0 Å². The van der Waals surface area contributed by atoms with Crippen LogP contribution in [0, 0.1) is 0 Å². The fourth-order valence-corrected chi connectivity index (χ4v) is 2.90. The summed E-state index contributed by atoms with van der Waals surface area (Å²) in [5.74, 6) is -0.0521. The number of ketones is 1. The summed E-state index contributed by atoms with van der Waals surface area (Å²) in [5, 5.41) is 3.70. The topological polar surface area (TPSA) is 56.0 Å². The van der Waals surface area contributed by atoms with Gasteiger partial charge in [0.15, 0.2) is 5.78 Å². The highest BCUT2D eigenvalue weighted by molar-refractivity contribution is 7.09. The summed E-state index contributed by atoms with van der Waals surface area (Å²) in [6.45, 7) is 0.532. The largest absolute Gasteiger partial charge is 0.330 e. The van der Waals surface area contributed by atoms with Gasteiger partial charge in [-0.2, -0.15) is 0 Å². The molecular weight excluding hydrogens is 303 g/mol. The van der Waals surface area contributed by atoms with E-state index < -0.39 is 0 Å². The van der Waals surface area contributed by atoms with Crippen LogP contribution in [0.5, 0.6) is 0 Å². The average Bonchev–Trinajstić information content (AvgIpc) is 2.82. The molecule has 0 atom stereocenters. The highest BCUT2D eigenvalue weighted by Gasteiger charge is 2.13. The molecule has 0 bridgehead atoms. The van der Waals surface area contributed by atoms with Gasteiger partial charge < -0.3 is 5.73 Å². The minimum atomic E-state index is -0.0521. The molecule has 1 aromatic carbocycles. The van der Waals surface area contributed by atoms with E-state index in [1.807, 2.05) is 0 Å². The van der Waals surface area contributed by atoms with Crippen molar-refractivity contribution in [2.75, 3.05) is 6.54 Å². The molecule has 0 aliphatic carbocycles. The maximum atomic E-state index is 12.1. The molecule has 2 N–H and O–H groups in total. The van der Waals surface area contributed by atoms with Gasteiger partial charge in [0, 0.05) is 28.3 Å². The second-order valence-corrected chi connectivity index (χ2v) is 5.79. The van der Waals surface area contributed by atoms with Gasteiger partial charge in [0.05, 0.1) is 5.01 Å². The van der Waals surface area contributed by atoms with Crippen LogP contribution >= 0.6 is 34.5 Å². The first-order valence-corrected chi connectivity index (χ1v) is 7.35. The lowest BCUT2D eigenvalue weighted by atomic mass is 10.1. The molecule has 2 aromatic rings. The zero-order valence-electron chi connectivity index (χ0n) is 10.0. The Labute approximate surface area is 125 Å². The van der Waals surface area contributed by atoms with Crippen LogP contribution in [0.1, 0.15) is 21.1 Å². The predicted octanol–water partition coefficient (Wildman–Crippen LogP) is 3.38.